The maximum atomic E-state index is 12.9. The summed E-state index contributed by atoms with van der Waals surface area (Å²) in [5, 5.41) is 0.937. The van der Waals surface area contributed by atoms with E-state index in [0.29, 0.717) is 17.4 Å². The third-order valence-corrected chi connectivity index (χ3v) is 7.44. The Morgan fingerprint density at radius 1 is 1.16 bits per heavy atom. The summed E-state index contributed by atoms with van der Waals surface area (Å²) in [5.41, 5.74) is 2.86. The molecular formula is C24H28N4O2S. The molecule has 162 valence electrons. The molecule has 0 bridgehead atoms. The van der Waals surface area contributed by atoms with Crippen LogP contribution in [-0.2, 0) is 19.2 Å². The van der Waals surface area contributed by atoms with Gasteiger partial charge in [0.15, 0.2) is 10.9 Å². The number of hydrogen-bond acceptors (Lipinski definition) is 5. The number of fused-ring (bicyclic) bond motifs is 1. The number of carbonyl (C=O) groups excluding carboxylic acids is 1. The van der Waals surface area contributed by atoms with E-state index in [9.17, 15) is 4.79 Å². The first-order valence-corrected chi connectivity index (χ1v) is 12.0. The molecule has 1 aromatic carbocycles. The van der Waals surface area contributed by atoms with Crippen LogP contribution in [0, 0.1) is 5.92 Å². The van der Waals surface area contributed by atoms with Crippen LogP contribution in [0.1, 0.15) is 34.7 Å². The molecule has 7 heteroatoms. The van der Waals surface area contributed by atoms with E-state index >= 15 is 0 Å². The fourth-order valence-corrected chi connectivity index (χ4v) is 5.41. The number of nitrogens with zero attached hydrogens (tertiary/aromatic N) is 4. The van der Waals surface area contributed by atoms with Crippen LogP contribution in [0.3, 0.4) is 0 Å². The molecule has 0 unspecified atom stereocenters. The standard InChI is InChI=1S/C24H28N4O2S/c1-26-15-11-25-24(26)31-17-20-6-7-22(30-20)23(29)27-12-8-18(9-13-27)16-28-14-10-19-4-2-3-5-21(19)28/h2-7,11,15,18H,8-10,12-14,16-17H2,1H3. The molecule has 6 nitrogen and oxygen atoms in total. The summed E-state index contributed by atoms with van der Waals surface area (Å²) < 4.78 is 7.83. The van der Waals surface area contributed by atoms with Gasteiger partial charge in [0.25, 0.3) is 5.91 Å². The molecule has 2 aliphatic heterocycles. The van der Waals surface area contributed by atoms with Crippen molar-refractivity contribution in [2.24, 2.45) is 13.0 Å². The second-order valence-corrected chi connectivity index (χ2v) is 9.38. The molecule has 2 aromatic heterocycles. The van der Waals surface area contributed by atoms with Gasteiger partial charge in [-0.15, -0.1) is 0 Å². The van der Waals surface area contributed by atoms with Crippen LogP contribution in [0.2, 0.25) is 0 Å². The zero-order valence-corrected chi connectivity index (χ0v) is 18.7. The topological polar surface area (TPSA) is 54.5 Å². The molecule has 31 heavy (non-hydrogen) atoms. The van der Waals surface area contributed by atoms with Crippen molar-refractivity contribution in [2.75, 3.05) is 31.1 Å². The van der Waals surface area contributed by atoms with Crippen LogP contribution in [0.5, 0.6) is 0 Å². The second kappa shape index (κ2) is 8.83. The molecule has 2 aliphatic rings. The number of aromatic nitrogens is 2. The number of imidazole rings is 1. The van der Waals surface area contributed by atoms with Gasteiger partial charge in [-0.2, -0.15) is 0 Å². The number of carbonyl (C=O) groups is 1. The van der Waals surface area contributed by atoms with E-state index in [0.717, 1.165) is 56.4 Å². The normalized spacial score (nSPS) is 16.7. The van der Waals surface area contributed by atoms with Gasteiger partial charge in [0.2, 0.25) is 0 Å². The number of aryl methyl sites for hydroxylation is 1. The molecule has 0 N–H and O–H groups in total. The Kier molecular flexibility index (Phi) is 5.76. The van der Waals surface area contributed by atoms with Gasteiger partial charge in [0.1, 0.15) is 5.76 Å². The number of furan rings is 1. The van der Waals surface area contributed by atoms with E-state index in [1.807, 2.05) is 34.8 Å². The lowest BCUT2D eigenvalue weighted by Crippen LogP contribution is -2.41. The Morgan fingerprint density at radius 2 is 2.00 bits per heavy atom. The van der Waals surface area contributed by atoms with Crippen molar-refractivity contribution in [1.29, 1.82) is 0 Å². The molecule has 0 atom stereocenters. The van der Waals surface area contributed by atoms with Gasteiger partial charge in [-0.05, 0) is 48.9 Å². The summed E-state index contributed by atoms with van der Waals surface area (Å²) in [7, 11) is 1.97. The predicted octanol–water partition coefficient (Wildman–Crippen LogP) is 4.22. The molecule has 1 fully saturated rings. The van der Waals surface area contributed by atoms with Gasteiger partial charge in [0.05, 0.1) is 5.75 Å². The maximum absolute atomic E-state index is 12.9. The Morgan fingerprint density at radius 3 is 2.81 bits per heavy atom. The average Bonchev–Trinajstić information content (AvgIpc) is 3.53. The summed E-state index contributed by atoms with van der Waals surface area (Å²) in [6.07, 6.45) is 6.95. The van der Waals surface area contributed by atoms with E-state index < -0.39 is 0 Å². The second-order valence-electron chi connectivity index (χ2n) is 8.44. The third-order valence-electron chi connectivity index (χ3n) is 6.36. The molecular weight excluding hydrogens is 408 g/mol. The number of benzene rings is 1. The minimum Gasteiger partial charge on any atom is -0.455 e. The molecule has 0 saturated carbocycles. The third kappa shape index (κ3) is 4.37. The lowest BCUT2D eigenvalue weighted by Gasteiger charge is -2.34. The first kappa shape index (κ1) is 20.2. The van der Waals surface area contributed by atoms with Crippen LogP contribution in [0.4, 0.5) is 5.69 Å². The van der Waals surface area contributed by atoms with Crippen molar-refractivity contribution in [3.8, 4) is 0 Å². The van der Waals surface area contributed by atoms with Crippen molar-refractivity contribution < 1.29 is 9.21 Å². The Hall–Kier alpha value is -2.67. The molecule has 0 radical (unpaired) electrons. The lowest BCUT2D eigenvalue weighted by atomic mass is 9.96. The Bertz CT molecular complexity index is 1050. The van der Waals surface area contributed by atoms with Gasteiger partial charge >= 0.3 is 0 Å². The molecule has 1 saturated heterocycles. The number of hydrogen-bond donors (Lipinski definition) is 0. The van der Waals surface area contributed by atoms with E-state index in [-0.39, 0.29) is 5.91 Å². The quantitative estimate of drug-likeness (QED) is 0.542. The Balaban J connectivity index is 1.12. The average molecular weight is 437 g/mol. The van der Waals surface area contributed by atoms with E-state index in [1.165, 1.54) is 11.3 Å². The molecule has 0 aliphatic carbocycles. The Labute approximate surface area is 187 Å². The van der Waals surface area contributed by atoms with Gasteiger partial charge in [0, 0.05) is 51.3 Å². The summed E-state index contributed by atoms with van der Waals surface area (Å²) in [6.45, 7) is 3.81. The van der Waals surface area contributed by atoms with Crippen LogP contribution in [0.15, 0.2) is 58.4 Å². The van der Waals surface area contributed by atoms with Gasteiger partial charge in [-0.1, -0.05) is 30.0 Å². The highest BCUT2D eigenvalue weighted by Gasteiger charge is 2.28. The van der Waals surface area contributed by atoms with Crippen LogP contribution >= 0.6 is 11.8 Å². The first-order valence-electron chi connectivity index (χ1n) is 11.0. The summed E-state index contributed by atoms with van der Waals surface area (Å²) in [6, 6.07) is 12.4. The number of rotatable bonds is 6. The van der Waals surface area contributed by atoms with Gasteiger partial charge < -0.3 is 18.8 Å². The zero-order chi connectivity index (χ0) is 21.2. The highest BCUT2D eigenvalue weighted by Crippen LogP contribution is 2.30. The fraction of sp³-hybridized carbons (Fsp3) is 0.417. The molecule has 5 rings (SSSR count). The highest BCUT2D eigenvalue weighted by atomic mass is 32.2. The molecule has 3 aromatic rings. The number of thioether (sulfide) groups is 1. The van der Waals surface area contributed by atoms with Crippen molar-refractivity contribution in [2.45, 2.75) is 30.2 Å². The predicted molar refractivity (Wildman–Crippen MR) is 122 cm³/mol. The molecule has 1 amide bonds. The van der Waals surface area contributed by atoms with E-state index in [4.69, 9.17) is 4.42 Å². The summed E-state index contributed by atoms with van der Waals surface area (Å²) >= 11 is 1.61. The summed E-state index contributed by atoms with van der Waals surface area (Å²) in [5.74, 6) is 2.56. The molecule has 0 spiro atoms. The minimum atomic E-state index is 0.0122. The first-order chi connectivity index (χ1) is 15.2. The number of anilines is 1. The van der Waals surface area contributed by atoms with Crippen LogP contribution in [-0.4, -0.2) is 46.5 Å². The van der Waals surface area contributed by atoms with Crippen molar-refractivity contribution in [3.05, 3.63) is 65.9 Å². The molecule has 4 heterocycles. The van der Waals surface area contributed by atoms with Crippen molar-refractivity contribution >= 4 is 23.4 Å². The van der Waals surface area contributed by atoms with Crippen LogP contribution in [0.25, 0.3) is 0 Å². The number of para-hydroxylation sites is 1. The van der Waals surface area contributed by atoms with Crippen LogP contribution < -0.4 is 4.90 Å². The number of piperidine rings is 1. The SMILES string of the molecule is Cn1ccnc1SCc1ccc(C(=O)N2CCC(CN3CCc4ccccc43)CC2)o1. The van der Waals surface area contributed by atoms with E-state index in [2.05, 4.69) is 34.1 Å². The smallest absolute Gasteiger partial charge is 0.289 e. The lowest BCUT2D eigenvalue weighted by molar-refractivity contribution is 0.0659. The monoisotopic (exact) mass is 436 g/mol. The fourth-order valence-electron chi connectivity index (χ4n) is 4.58. The van der Waals surface area contributed by atoms with Gasteiger partial charge in [-0.25, -0.2) is 4.98 Å². The maximum Gasteiger partial charge on any atom is 0.289 e. The van der Waals surface area contributed by atoms with Crippen molar-refractivity contribution in [3.63, 3.8) is 0 Å². The van der Waals surface area contributed by atoms with E-state index in [1.54, 1.807) is 18.0 Å². The minimum absolute atomic E-state index is 0.0122. The van der Waals surface area contributed by atoms with Gasteiger partial charge in [-0.3, -0.25) is 4.79 Å². The number of amides is 1. The summed E-state index contributed by atoms with van der Waals surface area (Å²) in [4.78, 5) is 21.7. The van der Waals surface area contributed by atoms with Crippen molar-refractivity contribution in [1.82, 2.24) is 14.5 Å². The largest absolute Gasteiger partial charge is 0.455 e. The highest BCUT2D eigenvalue weighted by molar-refractivity contribution is 7.98. The zero-order valence-electron chi connectivity index (χ0n) is 17.9. The number of likely N-dealkylation sites (tertiary alicyclic amines) is 1.